The number of aromatic hydroxyl groups is 1. The van der Waals surface area contributed by atoms with Crippen LogP contribution in [0.25, 0.3) is 0 Å². The number of benzene rings is 1. The van der Waals surface area contributed by atoms with Crippen LogP contribution in [0.15, 0.2) is 22.7 Å². The Morgan fingerprint density at radius 1 is 1.36 bits per heavy atom. The number of hydrogen-bond acceptors (Lipinski definition) is 2. The molecule has 1 aromatic rings. The van der Waals surface area contributed by atoms with Crippen LogP contribution in [0.5, 0.6) is 5.75 Å². The number of halogens is 1. The summed E-state index contributed by atoms with van der Waals surface area (Å²) in [6.45, 7) is 1.07. The minimum absolute atomic E-state index is 0.326. The highest BCUT2D eigenvalue weighted by Crippen LogP contribution is 2.27. The van der Waals surface area contributed by atoms with Crippen LogP contribution in [0, 0.1) is 0 Å². The first-order valence-corrected chi connectivity index (χ1v) is 5.51. The lowest BCUT2D eigenvalue weighted by Crippen LogP contribution is -2.13. The van der Waals surface area contributed by atoms with Gasteiger partial charge in [-0.2, -0.15) is 0 Å². The van der Waals surface area contributed by atoms with E-state index in [0.717, 1.165) is 23.9 Å². The van der Waals surface area contributed by atoms with Crippen molar-refractivity contribution in [1.82, 2.24) is 4.90 Å². The summed E-state index contributed by atoms with van der Waals surface area (Å²) in [6.07, 6.45) is 2.10. The van der Waals surface area contributed by atoms with Gasteiger partial charge in [0, 0.05) is 0 Å². The molecule has 0 fully saturated rings. The highest BCUT2D eigenvalue weighted by atomic mass is 79.9. The van der Waals surface area contributed by atoms with Gasteiger partial charge in [0.25, 0.3) is 0 Å². The fourth-order valence-electron chi connectivity index (χ4n) is 1.35. The largest absolute Gasteiger partial charge is 0.507 e. The second-order valence-corrected chi connectivity index (χ2v) is 4.45. The van der Waals surface area contributed by atoms with Crippen LogP contribution < -0.4 is 0 Å². The van der Waals surface area contributed by atoms with Crippen molar-refractivity contribution >= 4 is 15.9 Å². The normalized spacial score (nSPS) is 10.9. The maximum Gasteiger partial charge on any atom is 0.130 e. The Balaban J connectivity index is 2.54. The van der Waals surface area contributed by atoms with Gasteiger partial charge in [-0.25, -0.2) is 0 Å². The summed E-state index contributed by atoms with van der Waals surface area (Å²) in [7, 11) is 4.13. The molecule has 14 heavy (non-hydrogen) atoms. The molecule has 0 aromatic heterocycles. The number of phenolic OH excluding ortho intramolecular Hbond substituents is 1. The Morgan fingerprint density at radius 3 is 2.71 bits per heavy atom. The Morgan fingerprint density at radius 2 is 2.07 bits per heavy atom. The van der Waals surface area contributed by atoms with Crippen molar-refractivity contribution in [2.24, 2.45) is 0 Å². The molecule has 3 heteroatoms. The summed E-state index contributed by atoms with van der Waals surface area (Å²) in [5, 5.41) is 9.45. The van der Waals surface area contributed by atoms with Gasteiger partial charge < -0.3 is 10.0 Å². The van der Waals surface area contributed by atoms with Gasteiger partial charge in [0.05, 0.1) is 4.47 Å². The van der Waals surface area contributed by atoms with E-state index in [1.807, 2.05) is 12.1 Å². The number of rotatable bonds is 4. The second kappa shape index (κ2) is 5.37. The first kappa shape index (κ1) is 11.5. The lowest BCUT2D eigenvalue weighted by Gasteiger charge is -2.10. The molecule has 0 spiro atoms. The van der Waals surface area contributed by atoms with E-state index in [1.54, 1.807) is 6.07 Å². The van der Waals surface area contributed by atoms with Crippen molar-refractivity contribution in [3.8, 4) is 5.75 Å². The molecule has 2 nitrogen and oxygen atoms in total. The SMILES string of the molecule is CN(C)CCCc1cccc(O)c1Br. The monoisotopic (exact) mass is 257 g/mol. The Bertz CT molecular complexity index is 299. The van der Waals surface area contributed by atoms with Crippen molar-refractivity contribution in [3.63, 3.8) is 0 Å². The highest BCUT2D eigenvalue weighted by Gasteiger charge is 2.03. The summed E-state index contributed by atoms with van der Waals surface area (Å²) in [6, 6.07) is 5.62. The smallest absolute Gasteiger partial charge is 0.130 e. The number of phenols is 1. The van der Waals surface area contributed by atoms with Crippen molar-refractivity contribution in [1.29, 1.82) is 0 Å². The highest BCUT2D eigenvalue weighted by molar-refractivity contribution is 9.10. The van der Waals surface area contributed by atoms with Crippen LogP contribution in [0.3, 0.4) is 0 Å². The quantitative estimate of drug-likeness (QED) is 0.897. The van der Waals surface area contributed by atoms with E-state index in [0.29, 0.717) is 5.75 Å². The van der Waals surface area contributed by atoms with Crippen LogP contribution >= 0.6 is 15.9 Å². The zero-order valence-corrected chi connectivity index (χ0v) is 10.2. The third-order valence-corrected chi connectivity index (χ3v) is 3.03. The molecule has 0 radical (unpaired) electrons. The van der Waals surface area contributed by atoms with Crippen LogP contribution in [-0.2, 0) is 6.42 Å². The van der Waals surface area contributed by atoms with E-state index >= 15 is 0 Å². The first-order chi connectivity index (χ1) is 6.61. The zero-order valence-electron chi connectivity index (χ0n) is 8.63. The minimum atomic E-state index is 0.326. The molecule has 0 aliphatic carbocycles. The molecule has 0 saturated carbocycles. The third-order valence-electron chi connectivity index (χ3n) is 2.11. The molecule has 0 amide bonds. The fraction of sp³-hybridized carbons (Fsp3) is 0.455. The molecule has 0 bridgehead atoms. The van der Waals surface area contributed by atoms with Crippen LogP contribution in [0.4, 0.5) is 0 Å². The van der Waals surface area contributed by atoms with E-state index in [-0.39, 0.29) is 0 Å². The third kappa shape index (κ3) is 3.31. The predicted molar refractivity (Wildman–Crippen MR) is 62.7 cm³/mol. The lowest BCUT2D eigenvalue weighted by molar-refractivity contribution is 0.400. The summed E-state index contributed by atoms with van der Waals surface area (Å²) in [5.74, 6) is 0.326. The van der Waals surface area contributed by atoms with E-state index in [4.69, 9.17) is 0 Å². The molecular formula is C11H16BrNO. The molecule has 1 aromatic carbocycles. The van der Waals surface area contributed by atoms with E-state index in [9.17, 15) is 5.11 Å². The molecular weight excluding hydrogens is 242 g/mol. The average Bonchev–Trinajstić information content (AvgIpc) is 2.12. The standard InChI is InChI=1S/C11H16BrNO/c1-13(2)8-4-6-9-5-3-7-10(14)11(9)12/h3,5,7,14H,4,6,8H2,1-2H3. The van der Waals surface area contributed by atoms with Crippen molar-refractivity contribution in [3.05, 3.63) is 28.2 Å². The fourth-order valence-corrected chi connectivity index (χ4v) is 1.81. The Kier molecular flexibility index (Phi) is 4.42. The Hall–Kier alpha value is -0.540. The number of nitrogens with zero attached hydrogens (tertiary/aromatic N) is 1. The van der Waals surface area contributed by atoms with Gasteiger partial charge in [-0.15, -0.1) is 0 Å². The molecule has 0 aliphatic heterocycles. The molecule has 0 heterocycles. The number of hydrogen-bond donors (Lipinski definition) is 1. The van der Waals surface area contributed by atoms with Gasteiger partial charge in [-0.05, 0) is 61.0 Å². The second-order valence-electron chi connectivity index (χ2n) is 3.66. The summed E-state index contributed by atoms with van der Waals surface area (Å²) in [4.78, 5) is 2.16. The van der Waals surface area contributed by atoms with Gasteiger partial charge in [-0.3, -0.25) is 0 Å². The molecule has 0 saturated heterocycles. The van der Waals surface area contributed by atoms with Gasteiger partial charge in [-0.1, -0.05) is 12.1 Å². The van der Waals surface area contributed by atoms with Crippen LogP contribution in [0.1, 0.15) is 12.0 Å². The molecule has 0 atom stereocenters. The lowest BCUT2D eigenvalue weighted by atomic mass is 10.1. The Labute approximate surface area is 93.7 Å². The average molecular weight is 258 g/mol. The molecule has 1 N–H and O–H groups in total. The van der Waals surface area contributed by atoms with Gasteiger partial charge in [0.1, 0.15) is 5.75 Å². The van der Waals surface area contributed by atoms with Gasteiger partial charge in [0.2, 0.25) is 0 Å². The molecule has 0 unspecified atom stereocenters. The van der Waals surface area contributed by atoms with Crippen LogP contribution in [0.2, 0.25) is 0 Å². The zero-order chi connectivity index (χ0) is 10.6. The topological polar surface area (TPSA) is 23.5 Å². The molecule has 1 rings (SSSR count). The maximum absolute atomic E-state index is 9.45. The van der Waals surface area contributed by atoms with E-state index in [2.05, 4.69) is 34.9 Å². The van der Waals surface area contributed by atoms with Crippen molar-refractivity contribution in [2.75, 3.05) is 20.6 Å². The van der Waals surface area contributed by atoms with Gasteiger partial charge >= 0.3 is 0 Å². The summed E-state index contributed by atoms with van der Waals surface area (Å²) < 4.78 is 0.832. The van der Waals surface area contributed by atoms with E-state index < -0.39 is 0 Å². The summed E-state index contributed by atoms with van der Waals surface area (Å²) >= 11 is 3.38. The van der Waals surface area contributed by atoms with E-state index in [1.165, 1.54) is 5.56 Å². The van der Waals surface area contributed by atoms with Crippen molar-refractivity contribution in [2.45, 2.75) is 12.8 Å². The minimum Gasteiger partial charge on any atom is -0.507 e. The predicted octanol–water partition coefficient (Wildman–Crippen LogP) is 2.65. The molecule has 0 aliphatic rings. The maximum atomic E-state index is 9.45. The first-order valence-electron chi connectivity index (χ1n) is 4.72. The van der Waals surface area contributed by atoms with Crippen LogP contribution in [-0.4, -0.2) is 30.6 Å². The van der Waals surface area contributed by atoms with Gasteiger partial charge in [0.15, 0.2) is 0 Å². The summed E-state index contributed by atoms with van der Waals surface area (Å²) in [5.41, 5.74) is 1.17. The molecule has 78 valence electrons. The van der Waals surface area contributed by atoms with Crippen molar-refractivity contribution < 1.29 is 5.11 Å². The number of aryl methyl sites for hydroxylation is 1.